The number of benzene rings is 1. The smallest absolute Gasteiger partial charge is 0.130 e. The highest BCUT2D eigenvalue weighted by Crippen LogP contribution is 2.29. The normalized spacial score (nSPS) is 12.8. The Kier molecular flexibility index (Phi) is 3.79. The predicted octanol–water partition coefficient (Wildman–Crippen LogP) is 4.06. The summed E-state index contributed by atoms with van der Waals surface area (Å²) in [7, 11) is 0. The van der Waals surface area contributed by atoms with Crippen molar-refractivity contribution in [3.63, 3.8) is 0 Å². The van der Waals surface area contributed by atoms with Crippen molar-refractivity contribution >= 4 is 15.9 Å². The number of phenolic OH excluding ortho intramolecular Hbond substituents is 1. The van der Waals surface area contributed by atoms with E-state index in [9.17, 15) is 5.11 Å². The second-order valence-electron chi connectivity index (χ2n) is 3.40. The lowest BCUT2D eigenvalue weighted by atomic mass is 9.96. The number of phenols is 1. The molecule has 0 aromatic heterocycles. The van der Waals surface area contributed by atoms with Crippen molar-refractivity contribution in [2.75, 3.05) is 0 Å². The van der Waals surface area contributed by atoms with E-state index in [2.05, 4.69) is 35.8 Å². The van der Waals surface area contributed by atoms with Crippen molar-refractivity contribution in [1.82, 2.24) is 0 Å². The Hall–Kier alpha value is -0.500. The summed E-state index contributed by atoms with van der Waals surface area (Å²) in [6.07, 6.45) is 2.35. The molecule has 1 rings (SSSR count). The second-order valence-corrected chi connectivity index (χ2v) is 4.25. The molecule has 0 aliphatic rings. The molecule has 0 amide bonds. The van der Waals surface area contributed by atoms with Gasteiger partial charge in [-0.15, -0.1) is 0 Å². The summed E-state index contributed by atoms with van der Waals surface area (Å²) in [5.41, 5.74) is 1.21. The van der Waals surface area contributed by atoms with Crippen LogP contribution < -0.4 is 0 Å². The molecule has 1 N–H and O–H groups in total. The predicted molar refractivity (Wildman–Crippen MR) is 59.1 cm³/mol. The zero-order valence-electron chi connectivity index (χ0n) is 8.05. The van der Waals surface area contributed by atoms with Crippen LogP contribution in [-0.4, -0.2) is 5.11 Å². The van der Waals surface area contributed by atoms with Crippen LogP contribution in [-0.2, 0) is 0 Å². The zero-order chi connectivity index (χ0) is 9.84. The molecule has 0 aliphatic heterocycles. The van der Waals surface area contributed by atoms with Crippen LogP contribution in [0.25, 0.3) is 0 Å². The number of hydrogen-bond donors (Lipinski definition) is 1. The van der Waals surface area contributed by atoms with Crippen LogP contribution in [0.3, 0.4) is 0 Å². The standard InChI is InChI=1S/C11H15BrO/c1-3-4-8(2)9-5-6-10(12)11(13)7-9/h5-8,13H,3-4H2,1-2H3. The van der Waals surface area contributed by atoms with E-state index in [-0.39, 0.29) is 0 Å². The SMILES string of the molecule is CCCC(C)c1ccc(Br)c(O)c1. The molecule has 1 aromatic rings. The maximum absolute atomic E-state index is 9.47. The molecule has 0 aliphatic carbocycles. The molecule has 1 nitrogen and oxygen atoms in total. The molecular formula is C11H15BrO. The summed E-state index contributed by atoms with van der Waals surface area (Å²) in [6, 6.07) is 5.80. The number of halogens is 1. The van der Waals surface area contributed by atoms with Gasteiger partial charge in [-0.1, -0.05) is 26.3 Å². The molecule has 1 unspecified atom stereocenters. The zero-order valence-corrected chi connectivity index (χ0v) is 9.63. The summed E-state index contributed by atoms with van der Waals surface area (Å²) in [5, 5.41) is 9.47. The van der Waals surface area contributed by atoms with Gasteiger partial charge in [0.15, 0.2) is 0 Å². The Morgan fingerprint density at radius 2 is 2.15 bits per heavy atom. The maximum Gasteiger partial charge on any atom is 0.130 e. The Morgan fingerprint density at radius 1 is 1.46 bits per heavy atom. The molecule has 1 atom stereocenters. The Bertz CT molecular complexity index is 283. The number of hydrogen-bond acceptors (Lipinski definition) is 1. The average molecular weight is 243 g/mol. The molecule has 2 heteroatoms. The average Bonchev–Trinajstić information content (AvgIpc) is 2.10. The van der Waals surface area contributed by atoms with Crippen LogP contribution in [0.5, 0.6) is 5.75 Å². The molecule has 0 heterocycles. The van der Waals surface area contributed by atoms with E-state index in [4.69, 9.17) is 0 Å². The maximum atomic E-state index is 9.47. The molecular weight excluding hydrogens is 228 g/mol. The topological polar surface area (TPSA) is 20.2 Å². The van der Waals surface area contributed by atoms with E-state index in [1.807, 2.05) is 12.1 Å². The van der Waals surface area contributed by atoms with Crippen molar-refractivity contribution in [2.45, 2.75) is 32.6 Å². The minimum absolute atomic E-state index is 0.334. The summed E-state index contributed by atoms with van der Waals surface area (Å²) >= 11 is 3.27. The van der Waals surface area contributed by atoms with Crippen molar-refractivity contribution in [3.05, 3.63) is 28.2 Å². The fraction of sp³-hybridized carbons (Fsp3) is 0.455. The van der Waals surface area contributed by atoms with Crippen molar-refractivity contribution in [1.29, 1.82) is 0 Å². The van der Waals surface area contributed by atoms with Gasteiger partial charge in [0.1, 0.15) is 5.75 Å². The summed E-state index contributed by atoms with van der Waals surface area (Å²) in [4.78, 5) is 0. The number of aromatic hydroxyl groups is 1. The van der Waals surface area contributed by atoms with Gasteiger partial charge in [0.2, 0.25) is 0 Å². The Labute approximate surface area is 87.9 Å². The highest BCUT2D eigenvalue weighted by Gasteiger charge is 2.06. The fourth-order valence-corrected chi connectivity index (χ4v) is 1.68. The van der Waals surface area contributed by atoms with Gasteiger partial charge in [0, 0.05) is 0 Å². The Balaban J connectivity index is 2.84. The van der Waals surface area contributed by atoms with Gasteiger partial charge in [-0.25, -0.2) is 0 Å². The van der Waals surface area contributed by atoms with Crippen molar-refractivity contribution < 1.29 is 5.11 Å². The third-order valence-electron chi connectivity index (χ3n) is 2.26. The van der Waals surface area contributed by atoms with Crippen LogP contribution in [0, 0.1) is 0 Å². The molecule has 0 saturated heterocycles. The van der Waals surface area contributed by atoms with E-state index in [1.54, 1.807) is 0 Å². The third-order valence-corrected chi connectivity index (χ3v) is 2.93. The quantitative estimate of drug-likeness (QED) is 0.848. The third kappa shape index (κ3) is 2.73. The van der Waals surface area contributed by atoms with E-state index in [0.29, 0.717) is 11.7 Å². The second kappa shape index (κ2) is 4.66. The molecule has 0 radical (unpaired) electrons. The van der Waals surface area contributed by atoms with Gasteiger partial charge in [-0.2, -0.15) is 0 Å². The molecule has 1 aromatic carbocycles. The van der Waals surface area contributed by atoms with Gasteiger partial charge < -0.3 is 5.11 Å². The summed E-state index contributed by atoms with van der Waals surface area (Å²) in [5.74, 6) is 0.865. The van der Waals surface area contributed by atoms with Crippen LogP contribution in [0.2, 0.25) is 0 Å². The minimum atomic E-state index is 0.334. The number of rotatable bonds is 3. The van der Waals surface area contributed by atoms with Crippen molar-refractivity contribution in [3.8, 4) is 5.75 Å². The molecule has 0 saturated carbocycles. The van der Waals surface area contributed by atoms with E-state index in [0.717, 1.165) is 4.47 Å². The van der Waals surface area contributed by atoms with E-state index < -0.39 is 0 Å². The lowest BCUT2D eigenvalue weighted by molar-refractivity contribution is 0.470. The molecule has 0 fully saturated rings. The summed E-state index contributed by atoms with van der Waals surface area (Å²) in [6.45, 7) is 4.36. The molecule has 72 valence electrons. The van der Waals surface area contributed by atoms with Crippen molar-refractivity contribution in [2.24, 2.45) is 0 Å². The first-order valence-electron chi connectivity index (χ1n) is 4.63. The monoisotopic (exact) mass is 242 g/mol. The first-order valence-corrected chi connectivity index (χ1v) is 5.43. The molecule has 13 heavy (non-hydrogen) atoms. The highest BCUT2D eigenvalue weighted by molar-refractivity contribution is 9.10. The first kappa shape index (κ1) is 10.6. The molecule has 0 spiro atoms. The van der Waals surface area contributed by atoms with E-state index in [1.165, 1.54) is 18.4 Å². The van der Waals surface area contributed by atoms with Crippen LogP contribution in [0.4, 0.5) is 0 Å². The van der Waals surface area contributed by atoms with Gasteiger partial charge in [-0.3, -0.25) is 0 Å². The minimum Gasteiger partial charge on any atom is -0.507 e. The van der Waals surface area contributed by atoms with Gasteiger partial charge in [0.05, 0.1) is 4.47 Å². The van der Waals surface area contributed by atoms with Gasteiger partial charge >= 0.3 is 0 Å². The van der Waals surface area contributed by atoms with E-state index >= 15 is 0 Å². The largest absolute Gasteiger partial charge is 0.507 e. The van der Waals surface area contributed by atoms with Gasteiger partial charge in [-0.05, 0) is 46.0 Å². The van der Waals surface area contributed by atoms with Crippen LogP contribution in [0.15, 0.2) is 22.7 Å². The lowest BCUT2D eigenvalue weighted by Gasteiger charge is -2.10. The van der Waals surface area contributed by atoms with Crippen LogP contribution >= 0.6 is 15.9 Å². The highest BCUT2D eigenvalue weighted by atomic mass is 79.9. The molecule has 0 bridgehead atoms. The lowest BCUT2D eigenvalue weighted by Crippen LogP contribution is -1.92. The first-order chi connectivity index (χ1) is 6.15. The fourth-order valence-electron chi connectivity index (χ4n) is 1.44. The Morgan fingerprint density at radius 3 is 2.69 bits per heavy atom. The summed E-state index contributed by atoms with van der Waals surface area (Å²) < 4.78 is 0.764. The van der Waals surface area contributed by atoms with Gasteiger partial charge in [0.25, 0.3) is 0 Å². The van der Waals surface area contributed by atoms with Crippen LogP contribution in [0.1, 0.15) is 38.2 Å².